The molecular formula is C12H16N2O5S2. The summed E-state index contributed by atoms with van der Waals surface area (Å²) >= 11 is 0.695. The Labute approximate surface area is 126 Å². The summed E-state index contributed by atoms with van der Waals surface area (Å²) in [6.45, 7) is 1.26. The molecule has 0 radical (unpaired) electrons. The fourth-order valence-corrected chi connectivity index (χ4v) is 4.45. The van der Waals surface area contributed by atoms with E-state index in [1.54, 1.807) is 6.92 Å². The zero-order valence-electron chi connectivity index (χ0n) is 11.6. The number of carboxylic acid groups (broad SMARTS) is 1. The Morgan fingerprint density at radius 1 is 1.48 bits per heavy atom. The Hall–Kier alpha value is -1.45. The van der Waals surface area contributed by atoms with E-state index in [0.717, 1.165) is 17.1 Å². The third kappa shape index (κ3) is 3.60. The number of carbonyl (C=O) groups excluding carboxylic acids is 1. The van der Waals surface area contributed by atoms with E-state index in [-0.39, 0.29) is 27.6 Å². The zero-order chi connectivity index (χ0) is 15.8. The smallest absolute Gasteiger partial charge is 0.346 e. The van der Waals surface area contributed by atoms with E-state index < -0.39 is 16.0 Å². The molecule has 1 saturated carbocycles. The van der Waals surface area contributed by atoms with Gasteiger partial charge in [0.15, 0.2) is 0 Å². The van der Waals surface area contributed by atoms with Gasteiger partial charge in [0.2, 0.25) is 5.91 Å². The summed E-state index contributed by atoms with van der Waals surface area (Å²) in [5.74, 6) is -1.51. The third-order valence-corrected chi connectivity index (χ3v) is 6.54. The van der Waals surface area contributed by atoms with Crippen molar-refractivity contribution in [2.24, 2.45) is 0 Å². The molecule has 0 bridgehead atoms. The van der Waals surface area contributed by atoms with Crippen LogP contribution < -0.4 is 5.32 Å². The summed E-state index contributed by atoms with van der Waals surface area (Å²) in [5.41, 5.74) is 0.391. The van der Waals surface area contributed by atoms with Crippen LogP contribution in [0.1, 0.15) is 28.1 Å². The highest BCUT2D eigenvalue weighted by Crippen LogP contribution is 2.28. The number of likely N-dealkylation sites (N-methyl/N-ethyl adjacent to an activating group) is 1. The Balaban J connectivity index is 2.14. The fraction of sp³-hybridized carbons (Fsp3) is 0.500. The molecule has 0 spiro atoms. The summed E-state index contributed by atoms with van der Waals surface area (Å²) in [5, 5.41) is 11.7. The first-order valence-electron chi connectivity index (χ1n) is 6.31. The summed E-state index contributed by atoms with van der Waals surface area (Å²) in [7, 11) is -2.55. The number of thiophene rings is 1. The quantitative estimate of drug-likeness (QED) is 0.796. The standard InChI is InChI=1S/C12H16N2O5S2/c1-7-5-10(20-11(7)12(16)17)21(18,19)14(2)6-9(15)13-8-3-4-8/h5,8H,3-4,6H2,1-2H3,(H,13,15)(H,16,17). The summed E-state index contributed by atoms with van der Waals surface area (Å²) in [4.78, 5) is 22.6. The minimum absolute atomic E-state index is 0.00981. The van der Waals surface area contributed by atoms with Crippen LogP contribution in [-0.2, 0) is 14.8 Å². The van der Waals surface area contributed by atoms with Crippen molar-refractivity contribution in [3.05, 3.63) is 16.5 Å². The molecule has 116 valence electrons. The molecule has 0 unspecified atom stereocenters. The van der Waals surface area contributed by atoms with Gasteiger partial charge in [0.1, 0.15) is 9.09 Å². The van der Waals surface area contributed by atoms with Crippen LogP contribution in [-0.4, -0.2) is 49.3 Å². The fourth-order valence-electron chi connectivity index (χ4n) is 1.73. The van der Waals surface area contributed by atoms with Crippen LogP contribution >= 0.6 is 11.3 Å². The normalized spacial score (nSPS) is 15.2. The van der Waals surface area contributed by atoms with Gasteiger partial charge in [0.25, 0.3) is 10.0 Å². The maximum Gasteiger partial charge on any atom is 0.346 e. The number of nitrogens with one attached hydrogen (secondary N) is 1. The molecule has 1 aromatic heterocycles. The third-order valence-electron chi connectivity index (χ3n) is 3.06. The van der Waals surface area contributed by atoms with Gasteiger partial charge >= 0.3 is 5.97 Å². The van der Waals surface area contributed by atoms with Crippen LogP contribution in [0.25, 0.3) is 0 Å². The maximum absolute atomic E-state index is 12.3. The molecule has 1 aliphatic rings. The van der Waals surface area contributed by atoms with Crippen molar-refractivity contribution < 1.29 is 23.1 Å². The van der Waals surface area contributed by atoms with Gasteiger partial charge in [0.05, 0.1) is 6.54 Å². The molecule has 1 heterocycles. The monoisotopic (exact) mass is 332 g/mol. The van der Waals surface area contributed by atoms with Crippen molar-refractivity contribution in [2.45, 2.75) is 30.0 Å². The molecule has 1 amide bonds. The molecule has 1 aromatic rings. The van der Waals surface area contributed by atoms with Crippen LogP contribution in [0.3, 0.4) is 0 Å². The molecule has 0 aliphatic heterocycles. The lowest BCUT2D eigenvalue weighted by atomic mass is 10.3. The molecule has 2 N–H and O–H groups in total. The second-order valence-electron chi connectivity index (χ2n) is 4.99. The minimum Gasteiger partial charge on any atom is -0.477 e. The summed E-state index contributed by atoms with van der Waals surface area (Å²) < 4.78 is 25.5. The van der Waals surface area contributed by atoms with E-state index >= 15 is 0 Å². The van der Waals surface area contributed by atoms with E-state index in [4.69, 9.17) is 5.11 Å². The molecule has 9 heteroatoms. The Kier molecular flexibility index (Phi) is 4.35. The lowest BCUT2D eigenvalue weighted by Gasteiger charge is -2.15. The van der Waals surface area contributed by atoms with Crippen LogP contribution in [0.15, 0.2) is 10.3 Å². The van der Waals surface area contributed by atoms with Crippen LogP contribution in [0.4, 0.5) is 0 Å². The van der Waals surface area contributed by atoms with Crippen molar-refractivity contribution in [1.29, 1.82) is 0 Å². The second-order valence-corrected chi connectivity index (χ2v) is 8.31. The molecule has 21 heavy (non-hydrogen) atoms. The van der Waals surface area contributed by atoms with Crippen molar-refractivity contribution in [3.8, 4) is 0 Å². The van der Waals surface area contributed by atoms with Crippen LogP contribution in [0, 0.1) is 6.92 Å². The number of hydrogen-bond donors (Lipinski definition) is 2. The number of hydrogen-bond acceptors (Lipinski definition) is 5. The number of amides is 1. The van der Waals surface area contributed by atoms with Crippen molar-refractivity contribution in [3.63, 3.8) is 0 Å². The zero-order valence-corrected chi connectivity index (χ0v) is 13.3. The Morgan fingerprint density at radius 3 is 2.57 bits per heavy atom. The highest BCUT2D eigenvalue weighted by Gasteiger charge is 2.29. The highest BCUT2D eigenvalue weighted by molar-refractivity contribution is 7.91. The minimum atomic E-state index is -3.86. The average molecular weight is 332 g/mol. The van der Waals surface area contributed by atoms with E-state index in [9.17, 15) is 18.0 Å². The van der Waals surface area contributed by atoms with Gasteiger partial charge in [-0.15, -0.1) is 11.3 Å². The van der Waals surface area contributed by atoms with Gasteiger partial charge in [0, 0.05) is 13.1 Å². The van der Waals surface area contributed by atoms with Gasteiger partial charge in [-0.05, 0) is 31.4 Å². The summed E-state index contributed by atoms with van der Waals surface area (Å²) in [6, 6.07) is 1.48. The first kappa shape index (κ1) is 15.9. The number of nitrogens with zero attached hydrogens (tertiary/aromatic N) is 1. The molecule has 1 aliphatic carbocycles. The van der Waals surface area contributed by atoms with Gasteiger partial charge < -0.3 is 10.4 Å². The number of aryl methyl sites for hydroxylation is 1. The maximum atomic E-state index is 12.3. The topological polar surface area (TPSA) is 104 Å². The van der Waals surface area contributed by atoms with Crippen molar-refractivity contribution >= 4 is 33.2 Å². The lowest BCUT2D eigenvalue weighted by Crippen LogP contribution is -2.38. The predicted molar refractivity (Wildman–Crippen MR) is 77.0 cm³/mol. The highest BCUT2D eigenvalue weighted by atomic mass is 32.2. The Morgan fingerprint density at radius 2 is 2.10 bits per heavy atom. The number of carbonyl (C=O) groups is 2. The molecule has 2 rings (SSSR count). The largest absolute Gasteiger partial charge is 0.477 e. The van der Waals surface area contributed by atoms with E-state index in [2.05, 4.69) is 5.32 Å². The molecule has 0 saturated heterocycles. The van der Waals surface area contributed by atoms with E-state index in [1.165, 1.54) is 13.1 Å². The van der Waals surface area contributed by atoms with Gasteiger partial charge in [-0.25, -0.2) is 13.2 Å². The lowest BCUT2D eigenvalue weighted by molar-refractivity contribution is -0.121. The number of sulfonamides is 1. The SMILES string of the molecule is Cc1cc(S(=O)(=O)N(C)CC(=O)NC2CC2)sc1C(=O)O. The second kappa shape index (κ2) is 5.74. The van der Waals surface area contributed by atoms with E-state index in [0.29, 0.717) is 16.9 Å². The van der Waals surface area contributed by atoms with Gasteiger partial charge in [-0.1, -0.05) is 0 Å². The van der Waals surface area contributed by atoms with E-state index in [1.807, 2.05) is 0 Å². The average Bonchev–Trinajstić information content (AvgIpc) is 3.07. The number of aromatic carboxylic acids is 1. The molecule has 0 aromatic carbocycles. The first-order chi connectivity index (χ1) is 9.71. The van der Waals surface area contributed by atoms with Gasteiger partial charge in [-0.3, -0.25) is 4.79 Å². The van der Waals surface area contributed by atoms with Gasteiger partial charge in [-0.2, -0.15) is 4.31 Å². The number of rotatable bonds is 6. The molecule has 7 nitrogen and oxygen atoms in total. The summed E-state index contributed by atoms with van der Waals surface area (Å²) in [6.07, 6.45) is 1.85. The first-order valence-corrected chi connectivity index (χ1v) is 8.57. The molecule has 0 atom stereocenters. The molecule has 1 fully saturated rings. The van der Waals surface area contributed by atoms with Crippen LogP contribution in [0.2, 0.25) is 0 Å². The van der Waals surface area contributed by atoms with Crippen molar-refractivity contribution in [2.75, 3.05) is 13.6 Å². The predicted octanol–water partition coefficient (Wildman–Crippen LogP) is 0.654. The Bertz CT molecular complexity index is 676. The molecular weight excluding hydrogens is 316 g/mol. The van der Waals surface area contributed by atoms with Crippen LogP contribution in [0.5, 0.6) is 0 Å². The number of carboxylic acids is 1. The van der Waals surface area contributed by atoms with Crippen molar-refractivity contribution in [1.82, 2.24) is 9.62 Å².